The summed E-state index contributed by atoms with van der Waals surface area (Å²) in [5, 5.41) is 3.16. The molecular weight excluding hydrogens is 575 g/mol. The topological polar surface area (TPSA) is 39.1 Å². The molecule has 6 rings (SSSR count). The van der Waals surface area contributed by atoms with Gasteiger partial charge in [-0.3, -0.25) is 0 Å². The first kappa shape index (κ1) is 29.2. The van der Waals surface area contributed by atoms with Crippen LogP contribution in [0.3, 0.4) is 0 Å². The summed E-state index contributed by atoms with van der Waals surface area (Å²) in [5.74, 6) is 0. The Morgan fingerprint density at radius 2 is 1.36 bits per heavy atom. The Balaban J connectivity index is 1.59. The monoisotopic (exact) mass is 613 g/mol. The Kier molecular flexibility index (Phi) is 8.85. The summed E-state index contributed by atoms with van der Waals surface area (Å²) in [6.45, 7) is 4.50. The zero-order valence-electron chi connectivity index (χ0n) is 24.6. The third-order valence-corrected chi connectivity index (χ3v) is 12.3. The van der Waals surface area contributed by atoms with Gasteiger partial charge in [0, 0.05) is 35.7 Å². The van der Waals surface area contributed by atoms with E-state index in [-0.39, 0.29) is 0 Å². The van der Waals surface area contributed by atoms with Crippen molar-refractivity contribution >= 4 is 64.6 Å². The number of rotatable bonds is 13. The van der Waals surface area contributed by atoms with E-state index in [0.717, 1.165) is 40.0 Å². The van der Waals surface area contributed by atoms with Gasteiger partial charge >= 0.3 is 0 Å². The smallest absolute Gasteiger partial charge is 0.233 e. The fraction of sp³-hybridized carbons (Fsp3) is 0.333. The van der Waals surface area contributed by atoms with E-state index in [1.54, 1.807) is 28.2 Å². The van der Waals surface area contributed by atoms with Gasteiger partial charge in [-0.2, -0.15) is 0 Å². The molecule has 0 aliphatic carbocycles. The lowest BCUT2D eigenvalue weighted by Crippen LogP contribution is -2.12. The van der Waals surface area contributed by atoms with Gasteiger partial charge in [0.1, 0.15) is 0 Å². The maximum absolute atomic E-state index is 14.3. The van der Waals surface area contributed by atoms with Gasteiger partial charge in [0.05, 0.1) is 15.9 Å². The lowest BCUT2D eigenvalue weighted by atomic mass is 10.0. The third kappa shape index (κ3) is 5.57. The predicted molar refractivity (Wildman–Crippen MR) is 183 cm³/mol. The number of hydrogen-bond acceptors (Lipinski definition) is 4. The molecule has 0 N–H and O–H groups in total. The summed E-state index contributed by atoms with van der Waals surface area (Å²) in [6.07, 6.45) is 12.1. The molecule has 0 aliphatic heterocycles. The van der Waals surface area contributed by atoms with Crippen molar-refractivity contribution in [2.45, 2.75) is 83.0 Å². The van der Waals surface area contributed by atoms with Crippen molar-refractivity contribution in [3.63, 3.8) is 0 Å². The standard InChI is InChI=1S/C36H39NO2S3/c1-3-5-7-10-16-27-22-23-33(40-27)35-34-30-20-14-15-21-31(30)37(42(38,39)29-18-12-9-13-19-29)32(34)25-26-24-28(41-36(26)35)17-11-8-6-4-2/h9,12-15,18-25H,3-8,10-11,16-17H2,1-2H3. The van der Waals surface area contributed by atoms with Crippen LogP contribution in [0.5, 0.6) is 0 Å². The Morgan fingerprint density at radius 1 is 0.667 bits per heavy atom. The minimum absolute atomic E-state index is 0.307. The molecular formula is C36H39NO2S3. The molecule has 6 aromatic rings. The van der Waals surface area contributed by atoms with Gasteiger partial charge in [0.2, 0.25) is 0 Å². The number of aryl methyl sites for hydroxylation is 2. The van der Waals surface area contributed by atoms with Crippen LogP contribution in [0.2, 0.25) is 0 Å². The number of benzene rings is 3. The van der Waals surface area contributed by atoms with Crippen LogP contribution in [0.4, 0.5) is 0 Å². The lowest BCUT2D eigenvalue weighted by molar-refractivity contribution is 0.590. The average Bonchev–Trinajstić information content (AvgIpc) is 3.72. The highest BCUT2D eigenvalue weighted by atomic mass is 32.2. The molecule has 3 aromatic carbocycles. The van der Waals surface area contributed by atoms with Crippen LogP contribution >= 0.6 is 22.7 Å². The highest BCUT2D eigenvalue weighted by Gasteiger charge is 2.27. The number of nitrogens with zero attached hydrogens (tertiary/aromatic N) is 1. The molecule has 6 heteroatoms. The van der Waals surface area contributed by atoms with E-state index < -0.39 is 10.0 Å². The summed E-state index contributed by atoms with van der Waals surface area (Å²) in [7, 11) is -3.82. The zero-order valence-corrected chi connectivity index (χ0v) is 27.0. The molecule has 0 bridgehead atoms. The highest BCUT2D eigenvalue weighted by molar-refractivity contribution is 7.90. The molecule has 3 nitrogen and oxygen atoms in total. The van der Waals surface area contributed by atoms with Crippen molar-refractivity contribution in [1.82, 2.24) is 3.97 Å². The molecule has 0 spiro atoms. The Labute approximate surface area is 257 Å². The summed E-state index contributed by atoms with van der Waals surface area (Å²) < 4.78 is 31.4. The SMILES string of the molecule is CCCCCCc1ccc(-c2c3sc(CCCCCC)cc3cc3c2c2ccccc2n3S(=O)(=O)c2ccccc2)s1. The Hall–Kier alpha value is -2.93. The first-order valence-corrected chi connectivity index (χ1v) is 18.5. The van der Waals surface area contributed by atoms with Crippen molar-refractivity contribution in [2.24, 2.45) is 0 Å². The molecule has 3 aromatic heterocycles. The molecule has 42 heavy (non-hydrogen) atoms. The van der Waals surface area contributed by atoms with E-state index >= 15 is 0 Å². The number of hydrogen-bond donors (Lipinski definition) is 0. The van der Waals surface area contributed by atoms with Crippen LogP contribution in [-0.4, -0.2) is 12.4 Å². The fourth-order valence-electron chi connectivity index (χ4n) is 6.06. The molecule has 3 heterocycles. The van der Waals surface area contributed by atoms with E-state index in [4.69, 9.17) is 0 Å². The second-order valence-electron chi connectivity index (χ2n) is 11.3. The quantitative estimate of drug-likeness (QED) is 0.122. The Morgan fingerprint density at radius 3 is 2.10 bits per heavy atom. The molecule has 0 aliphatic rings. The molecule has 0 radical (unpaired) electrons. The van der Waals surface area contributed by atoms with Crippen LogP contribution in [0, 0.1) is 0 Å². The van der Waals surface area contributed by atoms with E-state index in [2.05, 4.69) is 44.2 Å². The highest BCUT2D eigenvalue weighted by Crippen LogP contribution is 2.47. The van der Waals surface area contributed by atoms with Crippen molar-refractivity contribution in [2.75, 3.05) is 0 Å². The van der Waals surface area contributed by atoms with E-state index in [1.165, 1.54) is 76.3 Å². The number of unbranched alkanes of at least 4 members (excludes halogenated alkanes) is 6. The lowest BCUT2D eigenvalue weighted by Gasteiger charge is -2.10. The average molecular weight is 614 g/mol. The molecule has 218 valence electrons. The molecule has 0 saturated heterocycles. The third-order valence-electron chi connectivity index (χ3n) is 8.19. The Bertz CT molecular complexity index is 1930. The molecule has 0 unspecified atom stereocenters. The summed E-state index contributed by atoms with van der Waals surface area (Å²) in [4.78, 5) is 4.33. The first-order valence-electron chi connectivity index (χ1n) is 15.4. The number of thiophene rings is 2. The first-order chi connectivity index (χ1) is 20.5. The normalized spacial score (nSPS) is 12.2. The van der Waals surface area contributed by atoms with Crippen LogP contribution in [0.1, 0.15) is 75.0 Å². The van der Waals surface area contributed by atoms with Gasteiger partial charge in [-0.25, -0.2) is 12.4 Å². The largest absolute Gasteiger partial charge is 0.268 e. The van der Waals surface area contributed by atoms with Crippen LogP contribution in [0.15, 0.2) is 83.8 Å². The number of para-hydroxylation sites is 1. The fourth-order valence-corrected chi connectivity index (χ4v) is 10.0. The van der Waals surface area contributed by atoms with Crippen LogP contribution in [-0.2, 0) is 22.9 Å². The maximum Gasteiger partial charge on any atom is 0.268 e. The second-order valence-corrected chi connectivity index (χ2v) is 15.4. The number of fused-ring (bicyclic) bond motifs is 4. The second kappa shape index (κ2) is 12.7. The summed E-state index contributed by atoms with van der Waals surface area (Å²) >= 11 is 3.77. The van der Waals surface area contributed by atoms with Gasteiger partial charge in [-0.1, -0.05) is 88.8 Å². The van der Waals surface area contributed by atoms with Crippen molar-refractivity contribution in [3.05, 3.63) is 88.6 Å². The maximum atomic E-state index is 14.3. The molecule has 0 fully saturated rings. The molecule has 0 saturated carbocycles. The zero-order chi connectivity index (χ0) is 29.1. The minimum Gasteiger partial charge on any atom is -0.233 e. The predicted octanol–water partition coefficient (Wildman–Crippen LogP) is 11.2. The van der Waals surface area contributed by atoms with Gasteiger partial charge in [0.25, 0.3) is 10.0 Å². The van der Waals surface area contributed by atoms with Crippen LogP contribution < -0.4 is 0 Å². The molecule has 0 atom stereocenters. The van der Waals surface area contributed by atoms with Gasteiger partial charge in [-0.05, 0) is 73.5 Å². The summed E-state index contributed by atoms with van der Waals surface area (Å²) in [5.41, 5.74) is 2.68. The summed E-state index contributed by atoms with van der Waals surface area (Å²) in [6, 6.07) is 25.8. The van der Waals surface area contributed by atoms with Crippen molar-refractivity contribution in [1.29, 1.82) is 0 Å². The molecule has 0 amide bonds. The van der Waals surface area contributed by atoms with E-state index in [0.29, 0.717) is 4.90 Å². The van der Waals surface area contributed by atoms with E-state index in [9.17, 15) is 8.42 Å². The van der Waals surface area contributed by atoms with Gasteiger partial charge in [0.15, 0.2) is 0 Å². The van der Waals surface area contributed by atoms with Crippen molar-refractivity contribution in [3.8, 4) is 10.4 Å². The van der Waals surface area contributed by atoms with Gasteiger partial charge in [-0.15, -0.1) is 22.7 Å². The van der Waals surface area contributed by atoms with Gasteiger partial charge < -0.3 is 0 Å². The van der Waals surface area contributed by atoms with Crippen molar-refractivity contribution < 1.29 is 8.42 Å². The number of aromatic nitrogens is 1. The minimum atomic E-state index is -3.82. The van der Waals surface area contributed by atoms with Crippen LogP contribution in [0.25, 0.3) is 42.3 Å². The van der Waals surface area contributed by atoms with E-state index in [1.807, 2.05) is 46.9 Å².